The van der Waals surface area contributed by atoms with E-state index in [0.29, 0.717) is 22.7 Å². The topological polar surface area (TPSA) is 56.0 Å². The van der Waals surface area contributed by atoms with Crippen LogP contribution in [0.1, 0.15) is 5.56 Å². The number of benzene rings is 1. The molecule has 0 spiro atoms. The third-order valence-electron chi connectivity index (χ3n) is 3.72. The fourth-order valence-corrected chi connectivity index (χ4v) is 2.51. The van der Waals surface area contributed by atoms with Gasteiger partial charge in [-0.25, -0.2) is 4.98 Å². The van der Waals surface area contributed by atoms with E-state index in [1.54, 1.807) is 28.9 Å². The number of nitrogens with zero attached hydrogens (tertiary/aromatic N) is 5. The summed E-state index contributed by atoms with van der Waals surface area (Å²) in [5.74, 6) is 0.301. The standard InChI is InChI=1S/C17H10F3N5/c18-17(19,20)13-3-1-2-12(8-13)16-24-23-15-9-14(22-10-25(15)16)11-4-6-21-7-5-11/h1-10H. The zero-order chi connectivity index (χ0) is 17.4. The number of fused-ring (bicyclic) bond motifs is 1. The smallest absolute Gasteiger partial charge is 0.265 e. The largest absolute Gasteiger partial charge is 0.416 e. The molecule has 1 aromatic carbocycles. The normalized spacial score (nSPS) is 11.8. The minimum absolute atomic E-state index is 0.301. The second kappa shape index (κ2) is 5.66. The predicted octanol–water partition coefficient (Wildman–Crippen LogP) is 3.87. The Morgan fingerprint density at radius 1 is 0.880 bits per heavy atom. The minimum Gasteiger partial charge on any atom is -0.265 e. The summed E-state index contributed by atoms with van der Waals surface area (Å²) < 4.78 is 40.3. The minimum atomic E-state index is -4.41. The van der Waals surface area contributed by atoms with E-state index in [-0.39, 0.29) is 0 Å². The van der Waals surface area contributed by atoms with Gasteiger partial charge < -0.3 is 0 Å². The number of pyridine rings is 1. The van der Waals surface area contributed by atoms with Gasteiger partial charge in [0.05, 0.1) is 11.3 Å². The third kappa shape index (κ3) is 2.82. The first-order valence-corrected chi connectivity index (χ1v) is 7.31. The Kier molecular flexibility index (Phi) is 3.45. The second-order valence-electron chi connectivity index (χ2n) is 5.34. The molecule has 3 heterocycles. The third-order valence-corrected chi connectivity index (χ3v) is 3.72. The molecule has 0 unspecified atom stereocenters. The van der Waals surface area contributed by atoms with Crippen LogP contribution in [0.2, 0.25) is 0 Å². The van der Waals surface area contributed by atoms with Gasteiger partial charge in [0, 0.05) is 29.6 Å². The van der Waals surface area contributed by atoms with Crippen molar-refractivity contribution in [3.63, 3.8) is 0 Å². The summed E-state index contributed by atoms with van der Waals surface area (Å²) >= 11 is 0. The molecule has 0 amide bonds. The molecule has 4 aromatic rings. The lowest BCUT2D eigenvalue weighted by atomic mass is 10.1. The zero-order valence-electron chi connectivity index (χ0n) is 12.6. The average Bonchev–Trinajstić information content (AvgIpc) is 3.05. The van der Waals surface area contributed by atoms with E-state index >= 15 is 0 Å². The van der Waals surface area contributed by atoms with E-state index in [1.165, 1.54) is 12.4 Å². The first-order valence-electron chi connectivity index (χ1n) is 7.31. The van der Waals surface area contributed by atoms with E-state index in [1.807, 2.05) is 12.1 Å². The van der Waals surface area contributed by atoms with Crippen molar-refractivity contribution in [2.24, 2.45) is 0 Å². The molecule has 0 fully saturated rings. The Labute approximate surface area is 139 Å². The van der Waals surface area contributed by atoms with Crippen molar-refractivity contribution < 1.29 is 13.2 Å². The van der Waals surface area contributed by atoms with Crippen LogP contribution in [0, 0.1) is 0 Å². The van der Waals surface area contributed by atoms with Gasteiger partial charge in [0.15, 0.2) is 11.5 Å². The van der Waals surface area contributed by atoms with Crippen molar-refractivity contribution in [2.45, 2.75) is 6.18 Å². The fraction of sp³-hybridized carbons (Fsp3) is 0.0588. The first kappa shape index (κ1) is 15.3. The van der Waals surface area contributed by atoms with Crippen LogP contribution in [-0.2, 0) is 6.18 Å². The molecule has 0 saturated heterocycles. The van der Waals surface area contributed by atoms with Gasteiger partial charge in [0.25, 0.3) is 0 Å². The van der Waals surface area contributed by atoms with Crippen LogP contribution in [0.25, 0.3) is 28.3 Å². The molecular weight excluding hydrogens is 331 g/mol. The van der Waals surface area contributed by atoms with Gasteiger partial charge >= 0.3 is 6.18 Å². The number of rotatable bonds is 2. The molecule has 0 saturated carbocycles. The molecular formula is C17H10F3N5. The average molecular weight is 341 g/mol. The van der Waals surface area contributed by atoms with Gasteiger partial charge in [0.1, 0.15) is 6.33 Å². The van der Waals surface area contributed by atoms with Gasteiger partial charge in [-0.15, -0.1) is 10.2 Å². The highest BCUT2D eigenvalue weighted by Gasteiger charge is 2.30. The fourth-order valence-electron chi connectivity index (χ4n) is 2.51. The van der Waals surface area contributed by atoms with Crippen molar-refractivity contribution in [3.8, 4) is 22.6 Å². The van der Waals surface area contributed by atoms with Crippen molar-refractivity contribution in [2.75, 3.05) is 0 Å². The molecule has 0 N–H and O–H groups in total. The summed E-state index contributed by atoms with van der Waals surface area (Å²) in [4.78, 5) is 8.29. The Morgan fingerprint density at radius 2 is 1.68 bits per heavy atom. The molecule has 3 aromatic heterocycles. The van der Waals surface area contributed by atoms with Crippen molar-refractivity contribution in [1.29, 1.82) is 0 Å². The van der Waals surface area contributed by atoms with Crippen LogP contribution in [0.15, 0.2) is 61.2 Å². The van der Waals surface area contributed by atoms with Gasteiger partial charge in [-0.2, -0.15) is 13.2 Å². The number of alkyl halides is 3. The quantitative estimate of drug-likeness (QED) is 0.555. The number of hydrogen-bond donors (Lipinski definition) is 0. The highest BCUT2D eigenvalue weighted by molar-refractivity contribution is 5.66. The Morgan fingerprint density at radius 3 is 2.44 bits per heavy atom. The van der Waals surface area contributed by atoms with Crippen molar-refractivity contribution in [1.82, 2.24) is 24.6 Å². The van der Waals surface area contributed by atoms with Crippen LogP contribution in [0.5, 0.6) is 0 Å². The lowest BCUT2D eigenvalue weighted by Crippen LogP contribution is -2.04. The summed E-state index contributed by atoms with van der Waals surface area (Å²) in [6.07, 6.45) is 0.391. The zero-order valence-corrected chi connectivity index (χ0v) is 12.6. The molecule has 25 heavy (non-hydrogen) atoms. The number of halogens is 3. The van der Waals surface area contributed by atoms with E-state index in [4.69, 9.17) is 0 Å². The molecule has 4 rings (SSSR count). The summed E-state index contributed by atoms with van der Waals surface area (Å²) in [6, 6.07) is 10.3. The number of aromatic nitrogens is 5. The van der Waals surface area contributed by atoms with Crippen LogP contribution < -0.4 is 0 Å². The maximum atomic E-state index is 12.9. The highest BCUT2D eigenvalue weighted by Crippen LogP contribution is 2.32. The van der Waals surface area contributed by atoms with E-state index in [0.717, 1.165) is 17.7 Å². The van der Waals surface area contributed by atoms with Crippen molar-refractivity contribution in [3.05, 3.63) is 66.7 Å². The Balaban J connectivity index is 1.80. The van der Waals surface area contributed by atoms with Crippen LogP contribution in [-0.4, -0.2) is 24.6 Å². The maximum absolute atomic E-state index is 12.9. The monoisotopic (exact) mass is 341 g/mol. The van der Waals surface area contributed by atoms with Gasteiger partial charge in [-0.1, -0.05) is 12.1 Å². The van der Waals surface area contributed by atoms with Crippen LogP contribution in [0.4, 0.5) is 13.2 Å². The summed E-state index contributed by atoms with van der Waals surface area (Å²) in [7, 11) is 0. The summed E-state index contributed by atoms with van der Waals surface area (Å²) in [5, 5.41) is 8.07. The molecule has 0 aliphatic heterocycles. The molecule has 0 aliphatic carbocycles. The summed E-state index contributed by atoms with van der Waals surface area (Å²) in [5.41, 5.74) is 1.62. The lowest BCUT2D eigenvalue weighted by molar-refractivity contribution is -0.137. The number of hydrogen-bond acceptors (Lipinski definition) is 4. The van der Waals surface area contributed by atoms with E-state index in [9.17, 15) is 13.2 Å². The lowest BCUT2D eigenvalue weighted by Gasteiger charge is -2.08. The maximum Gasteiger partial charge on any atom is 0.416 e. The molecule has 0 atom stereocenters. The van der Waals surface area contributed by atoms with Crippen LogP contribution in [0.3, 0.4) is 0 Å². The molecule has 0 aliphatic rings. The molecule has 0 radical (unpaired) electrons. The summed E-state index contributed by atoms with van der Waals surface area (Å²) in [6.45, 7) is 0. The van der Waals surface area contributed by atoms with E-state index < -0.39 is 11.7 Å². The first-order chi connectivity index (χ1) is 12.0. The SMILES string of the molecule is FC(F)(F)c1cccc(-c2nnc3cc(-c4ccncc4)ncn23)c1. The van der Waals surface area contributed by atoms with E-state index in [2.05, 4.69) is 20.2 Å². The molecule has 5 nitrogen and oxygen atoms in total. The van der Waals surface area contributed by atoms with Gasteiger partial charge in [0.2, 0.25) is 0 Å². The molecule has 0 bridgehead atoms. The molecule has 8 heteroatoms. The Hall–Kier alpha value is -3.29. The van der Waals surface area contributed by atoms with Gasteiger partial charge in [-0.3, -0.25) is 9.38 Å². The predicted molar refractivity (Wildman–Crippen MR) is 84.5 cm³/mol. The Bertz CT molecular complexity index is 1040. The highest BCUT2D eigenvalue weighted by atomic mass is 19.4. The van der Waals surface area contributed by atoms with Gasteiger partial charge in [-0.05, 0) is 24.3 Å². The van der Waals surface area contributed by atoms with Crippen molar-refractivity contribution >= 4 is 5.65 Å². The molecule has 124 valence electrons. The van der Waals surface area contributed by atoms with Crippen LogP contribution >= 0.6 is 0 Å². The second-order valence-corrected chi connectivity index (χ2v) is 5.34.